The Balaban J connectivity index is 1.65. The van der Waals surface area contributed by atoms with E-state index < -0.39 is 5.92 Å². The lowest BCUT2D eigenvalue weighted by molar-refractivity contribution is -0.149. The molecule has 2 aromatic rings. The monoisotopic (exact) mass is 524 g/mol. The van der Waals surface area contributed by atoms with Gasteiger partial charge in [-0.3, -0.25) is 14.5 Å². The Morgan fingerprint density at radius 1 is 1.00 bits per heavy atom. The molecule has 2 aromatic carbocycles. The van der Waals surface area contributed by atoms with Gasteiger partial charge in [-0.05, 0) is 48.7 Å². The van der Waals surface area contributed by atoms with Crippen molar-refractivity contribution in [3.05, 3.63) is 53.6 Å². The van der Waals surface area contributed by atoms with Crippen molar-refractivity contribution in [3.8, 4) is 17.2 Å². The summed E-state index contributed by atoms with van der Waals surface area (Å²) < 4.78 is 22.1. The number of unbranched alkanes of at least 4 members (excludes halogenated alkanes) is 3. The molecule has 8 nitrogen and oxygen atoms in total. The summed E-state index contributed by atoms with van der Waals surface area (Å²) in [6, 6.07) is 13.2. The van der Waals surface area contributed by atoms with Crippen LogP contribution in [0.2, 0.25) is 0 Å². The van der Waals surface area contributed by atoms with Crippen LogP contribution in [0.5, 0.6) is 17.2 Å². The molecule has 1 saturated heterocycles. The summed E-state index contributed by atoms with van der Waals surface area (Å²) in [7, 11) is 3.49. The predicted molar refractivity (Wildman–Crippen MR) is 145 cm³/mol. The Morgan fingerprint density at radius 2 is 1.74 bits per heavy atom. The molecule has 0 bridgehead atoms. The number of methoxy groups -OCH3 is 1. The van der Waals surface area contributed by atoms with Gasteiger partial charge in [0.1, 0.15) is 5.75 Å². The number of fused-ring (bicyclic) bond motifs is 1. The number of likely N-dealkylation sites (tertiary alicyclic amines) is 1. The molecule has 8 heteroatoms. The van der Waals surface area contributed by atoms with Gasteiger partial charge in [-0.25, -0.2) is 0 Å². The number of likely N-dealkylation sites (N-methyl/N-ethyl adjacent to an activating group) is 1. The van der Waals surface area contributed by atoms with E-state index in [2.05, 4.69) is 11.8 Å². The van der Waals surface area contributed by atoms with E-state index in [-0.39, 0.29) is 43.8 Å². The minimum atomic E-state index is -0.494. The van der Waals surface area contributed by atoms with E-state index in [1.54, 1.807) is 7.11 Å². The summed E-state index contributed by atoms with van der Waals surface area (Å²) in [5.41, 5.74) is 1.92. The van der Waals surface area contributed by atoms with Crippen molar-refractivity contribution in [1.82, 2.24) is 9.80 Å². The van der Waals surface area contributed by atoms with Crippen LogP contribution in [0.25, 0.3) is 0 Å². The van der Waals surface area contributed by atoms with Crippen LogP contribution in [-0.4, -0.2) is 68.9 Å². The second-order valence-corrected chi connectivity index (χ2v) is 10.0. The molecule has 38 heavy (non-hydrogen) atoms. The van der Waals surface area contributed by atoms with Gasteiger partial charge in [0.2, 0.25) is 12.7 Å². The molecule has 0 aromatic heterocycles. The van der Waals surface area contributed by atoms with Crippen molar-refractivity contribution in [2.24, 2.45) is 5.92 Å². The summed E-state index contributed by atoms with van der Waals surface area (Å²) in [4.78, 5) is 30.8. The van der Waals surface area contributed by atoms with Crippen LogP contribution in [0.1, 0.15) is 62.6 Å². The maximum atomic E-state index is 13.5. The zero-order chi connectivity index (χ0) is 27.1. The van der Waals surface area contributed by atoms with E-state index in [0.29, 0.717) is 18.0 Å². The van der Waals surface area contributed by atoms with Gasteiger partial charge in [0.25, 0.3) is 0 Å². The molecule has 0 saturated carbocycles. The van der Waals surface area contributed by atoms with Crippen LogP contribution in [0, 0.1) is 5.92 Å². The van der Waals surface area contributed by atoms with Crippen LogP contribution in [0.3, 0.4) is 0 Å². The number of amides is 1. The maximum absolute atomic E-state index is 13.5. The van der Waals surface area contributed by atoms with Crippen LogP contribution in [-0.2, 0) is 14.3 Å². The number of esters is 1. The predicted octanol–water partition coefficient (Wildman–Crippen LogP) is 4.78. The van der Waals surface area contributed by atoms with Crippen LogP contribution in [0.4, 0.5) is 0 Å². The molecule has 2 heterocycles. The van der Waals surface area contributed by atoms with Gasteiger partial charge in [-0.1, -0.05) is 44.4 Å². The van der Waals surface area contributed by atoms with E-state index in [0.717, 1.165) is 42.7 Å². The quantitative estimate of drug-likeness (QED) is 0.292. The zero-order valence-corrected chi connectivity index (χ0v) is 23.0. The zero-order valence-electron chi connectivity index (χ0n) is 23.0. The van der Waals surface area contributed by atoms with Gasteiger partial charge in [0.05, 0.1) is 26.2 Å². The molecular formula is C30H40N2O6. The summed E-state index contributed by atoms with van der Waals surface area (Å²) >= 11 is 0. The molecule has 0 aliphatic carbocycles. The Morgan fingerprint density at radius 3 is 2.45 bits per heavy atom. The second-order valence-electron chi connectivity index (χ2n) is 10.0. The average molecular weight is 525 g/mol. The Hall–Kier alpha value is -3.26. The number of carbonyl (C=O) groups excluding carboxylic acids is 2. The van der Waals surface area contributed by atoms with Crippen molar-refractivity contribution in [1.29, 1.82) is 0 Å². The third-order valence-electron chi connectivity index (χ3n) is 7.55. The first kappa shape index (κ1) is 27.8. The standard InChI is InChI=1S/C30H40N2O6/c1-5-7-8-9-16-31(3)27(33)19-32-18-24(22-12-15-25-26(17-22)38-20-37-25)28(30(34)36-6-2)29(32)21-10-13-23(35-4)14-11-21/h10-15,17,24,28-29H,5-9,16,18-20H2,1-4H3/t24-,28-,29+/m1/s1. The number of rotatable bonds is 12. The smallest absolute Gasteiger partial charge is 0.311 e. The van der Waals surface area contributed by atoms with Gasteiger partial charge in [0, 0.05) is 32.1 Å². The van der Waals surface area contributed by atoms with Crippen LogP contribution in [0.15, 0.2) is 42.5 Å². The lowest BCUT2D eigenvalue weighted by Gasteiger charge is -2.29. The molecule has 4 rings (SSSR count). The Bertz CT molecular complexity index is 1090. The Kier molecular flexibility index (Phi) is 9.50. The number of nitrogens with zero attached hydrogens (tertiary/aromatic N) is 2. The summed E-state index contributed by atoms with van der Waals surface area (Å²) in [6.45, 7) is 5.96. The fourth-order valence-electron chi connectivity index (χ4n) is 5.49. The van der Waals surface area contributed by atoms with Crippen molar-refractivity contribution in [2.45, 2.75) is 51.5 Å². The molecule has 1 fully saturated rings. The van der Waals surface area contributed by atoms with Gasteiger partial charge in [-0.15, -0.1) is 0 Å². The summed E-state index contributed by atoms with van der Waals surface area (Å²) in [5, 5.41) is 0. The molecule has 0 radical (unpaired) electrons. The molecule has 2 aliphatic heterocycles. The highest BCUT2D eigenvalue weighted by Crippen LogP contribution is 2.48. The average Bonchev–Trinajstić information content (AvgIpc) is 3.55. The first-order chi connectivity index (χ1) is 18.5. The first-order valence-corrected chi connectivity index (χ1v) is 13.6. The molecule has 3 atom stereocenters. The normalized spacial score (nSPS) is 20.4. The molecule has 0 N–H and O–H groups in total. The van der Waals surface area contributed by atoms with Crippen molar-refractivity contribution < 1.29 is 28.5 Å². The second kappa shape index (κ2) is 13.0. The van der Waals surface area contributed by atoms with Crippen molar-refractivity contribution in [3.63, 3.8) is 0 Å². The summed E-state index contributed by atoms with van der Waals surface area (Å²) in [5.74, 6) is 1.22. The van der Waals surface area contributed by atoms with Crippen molar-refractivity contribution in [2.75, 3.05) is 47.2 Å². The SMILES string of the molecule is CCCCCCN(C)C(=O)CN1C[C@H](c2ccc3c(c2)OCO3)[C@@H](C(=O)OCC)[C@@H]1c1ccc(OC)cc1. The minimum Gasteiger partial charge on any atom is -0.497 e. The van der Waals surface area contributed by atoms with E-state index in [4.69, 9.17) is 18.9 Å². The number of hydrogen-bond donors (Lipinski definition) is 0. The van der Waals surface area contributed by atoms with E-state index in [1.807, 2.05) is 61.3 Å². The molecular weight excluding hydrogens is 484 g/mol. The van der Waals surface area contributed by atoms with Gasteiger partial charge in [-0.2, -0.15) is 0 Å². The fourth-order valence-corrected chi connectivity index (χ4v) is 5.49. The first-order valence-electron chi connectivity index (χ1n) is 13.6. The number of hydrogen-bond acceptors (Lipinski definition) is 7. The molecule has 206 valence electrons. The highest BCUT2D eigenvalue weighted by Gasteiger charge is 2.48. The maximum Gasteiger partial charge on any atom is 0.311 e. The minimum absolute atomic E-state index is 0.0500. The lowest BCUT2D eigenvalue weighted by Crippen LogP contribution is -2.39. The molecule has 1 amide bonds. The number of benzene rings is 2. The molecule has 0 unspecified atom stereocenters. The summed E-state index contributed by atoms with van der Waals surface area (Å²) in [6.07, 6.45) is 4.43. The van der Waals surface area contributed by atoms with Gasteiger partial charge in [0.15, 0.2) is 11.5 Å². The largest absolute Gasteiger partial charge is 0.497 e. The third-order valence-corrected chi connectivity index (χ3v) is 7.55. The third kappa shape index (κ3) is 6.23. The van der Waals surface area contributed by atoms with E-state index in [9.17, 15) is 9.59 Å². The van der Waals surface area contributed by atoms with Gasteiger partial charge >= 0.3 is 5.97 Å². The van der Waals surface area contributed by atoms with E-state index in [1.165, 1.54) is 6.42 Å². The van der Waals surface area contributed by atoms with Crippen LogP contribution >= 0.6 is 0 Å². The lowest BCUT2D eigenvalue weighted by atomic mass is 9.82. The fraction of sp³-hybridized carbons (Fsp3) is 0.533. The van der Waals surface area contributed by atoms with Crippen LogP contribution < -0.4 is 14.2 Å². The topological polar surface area (TPSA) is 77.5 Å². The van der Waals surface area contributed by atoms with E-state index >= 15 is 0 Å². The highest BCUT2D eigenvalue weighted by molar-refractivity contribution is 5.79. The molecule has 2 aliphatic rings. The van der Waals surface area contributed by atoms with Gasteiger partial charge < -0.3 is 23.8 Å². The molecule has 0 spiro atoms. The number of ether oxygens (including phenoxy) is 4. The van der Waals surface area contributed by atoms with Crippen molar-refractivity contribution >= 4 is 11.9 Å². The number of carbonyl (C=O) groups is 2. The Labute approximate surface area is 225 Å². The highest BCUT2D eigenvalue weighted by atomic mass is 16.7.